The van der Waals surface area contributed by atoms with Crippen LogP contribution in [0.25, 0.3) is 0 Å². The van der Waals surface area contributed by atoms with E-state index in [1.54, 1.807) is 6.08 Å². The highest BCUT2D eigenvalue weighted by Crippen LogP contribution is 2.24. The van der Waals surface area contributed by atoms with Crippen molar-refractivity contribution in [1.82, 2.24) is 10.2 Å². The number of aromatic nitrogens is 2. The van der Waals surface area contributed by atoms with Crippen molar-refractivity contribution in [2.24, 2.45) is 0 Å². The monoisotopic (exact) mass is 156 g/mol. The van der Waals surface area contributed by atoms with Gasteiger partial charge in [-0.3, -0.25) is 5.10 Å². The molecule has 10 heavy (non-hydrogen) atoms. The first kappa shape index (κ1) is 7.21. The van der Waals surface area contributed by atoms with Crippen LogP contribution < -0.4 is 0 Å². The maximum absolute atomic E-state index is 9.03. The van der Waals surface area contributed by atoms with Gasteiger partial charge < -0.3 is 5.11 Å². The van der Waals surface area contributed by atoms with Gasteiger partial charge in [0.2, 0.25) is 0 Å². The van der Waals surface area contributed by atoms with Crippen LogP contribution in [-0.4, -0.2) is 21.1 Å². The highest BCUT2D eigenvalue weighted by atomic mass is 32.2. The summed E-state index contributed by atoms with van der Waals surface area (Å²) in [5.41, 5.74) is 0. The number of nitrogens with one attached hydrogen (secondary N) is 1. The van der Waals surface area contributed by atoms with E-state index in [0.29, 0.717) is 5.03 Å². The Hall–Kier alpha value is -0.900. The molecule has 0 aromatic carbocycles. The zero-order valence-corrected chi connectivity index (χ0v) is 6.19. The third-order valence-electron chi connectivity index (χ3n) is 0.931. The quantitative estimate of drug-likeness (QED) is 0.513. The Morgan fingerprint density at radius 1 is 1.90 bits per heavy atom. The van der Waals surface area contributed by atoms with Crippen molar-refractivity contribution in [2.45, 2.75) is 5.03 Å². The third-order valence-corrected chi connectivity index (χ3v) is 1.92. The van der Waals surface area contributed by atoms with Crippen molar-refractivity contribution in [3.05, 3.63) is 18.9 Å². The van der Waals surface area contributed by atoms with E-state index in [1.165, 1.54) is 18.0 Å². The molecule has 2 N–H and O–H groups in total. The van der Waals surface area contributed by atoms with Gasteiger partial charge in [0.1, 0.15) is 5.03 Å². The maximum Gasteiger partial charge on any atom is 0.167 e. The van der Waals surface area contributed by atoms with Gasteiger partial charge in [0.15, 0.2) is 5.75 Å². The van der Waals surface area contributed by atoms with E-state index in [2.05, 4.69) is 16.8 Å². The lowest BCUT2D eigenvalue weighted by Gasteiger charge is -1.91. The molecule has 54 valence electrons. The van der Waals surface area contributed by atoms with E-state index in [4.69, 9.17) is 5.11 Å². The maximum atomic E-state index is 9.03. The first-order valence-electron chi connectivity index (χ1n) is 2.80. The number of thioether (sulfide) groups is 1. The van der Waals surface area contributed by atoms with Crippen LogP contribution >= 0.6 is 11.8 Å². The SMILES string of the molecule is C=CCSc1[nH]ncc1O. The minimum absolute atomic E-state index is 0.201. The van der Waals surface area contributed by atoms with Gasteiger partial charge in [-0.05, 0) is 0 Å². The lowest BCUT2D eigenvalue weighted by atomic mass is 10.7. The summed E-state index contributed by atoms with van der Waals surface area (Å²) in [4.78, 5) is 0. The van der Waals surface area contributed by atoms with Crippen molar-refractivity contribution in [2.75, 3.05) is 5.75 Å². The summed E-state index contributed by atoms with van der Waals surface area (Å²) in [6.07, 6.45) is 3.15. The molecule has 0 spiro atoms. The molecule has 0 atom stereocenters. The van der Waals surface area contributed by atoms with Gasteiger partial charge in [0.25, 0.3) is 0 Å². The molecule has 0 unspecified atom stereocenters. The Kier molecular flexibility index (Phi) is 2.39. The molecule has 0 amide bonds. The van der Waals surface area contributed by atoms with Crippen LogP contribution in [0.1, 0.15) is 0 Å². The predicted molar refractivity (Wildman–Crippen MR) is 41.2 cm³/mol. The normalized spacial score (nSPS) is 9.60. The Morgan fingerprint density at radius 3 is 3.20 bits per heavy atom. The molecule has 0 aliphatic heterocycles. The van der Waals surface area contributed by atoms with Crippen LogP contribution in [0.3, 0.4) is 0 Å². The Bertz CT molecular complexity index is 221. The summed E-state index contributed by atoms with van der Waals surface area (Å²) >= 11 is 1.47. The average molecular weight is 156 g/mol. The predicted octanol–water partition coefficient (Wildman–Crippen LogP) is 1.39. The van der Waals surface area contributed by atoms with E-state index < -0.39 is 0 Å². The van der Waals surface area contributed by atoms with Crippen molar-refractivity contribution in [3.8, 4) is 5.75 Å². The second kappa shape index (κ2) is 3.31. The van der Waals surface area contributed by atoms with Crippen LogP contribution in [-0.2, 0) is 0 Å². The fourth-order valence-corrected chi connectivity index (χ4v) is 1.12. The fraction of sp³-hybridized carbons (Fsp3) is 0.167. The van der Waals surface area contributed by atoms with E-state index in [-0.39, 0.29) is 5.75 Å². The number of hydrogen-bond acceptors (Lipinski definition) is 3. The molecule has 0 bridgehead atoms. The Morgan fingerprint density at radius 2 is 2.70 bits per heavy atom. The summed E-state index contributed by atoms with van der Waals surface area (Å²) in [5, 5.41) is 16.0. The zero-order valence-electron chi connectivity index (χ0n) is 5.37. The van der Waals surface area contributed by atoms with Gasteiger partial charge in [0.05, 0.1) is 6.20 Å². The number of H-pyrrole nitrogens is 1. The van der Waals surface area contributed by atoms with Gasteiger partial charge in [-0.1, -0.05) is 17.8 Å². The molecule has 0 fully saturated rings. The molecule has 0 saturated carbocycles. The molecular weight excluding hydrogens is 148 g/mol. The first-order valence-corrected chi connectivity index (χ1v) is 3.79. The van der Waals surface area contributed by atoms with E-state index in [0.717, 1.165) is 5.75 Å². The summed E-state index contributed by atoms with van der Waals surface area (Å²) in [7, 11) is 0. The van der Waals surface area contributed by atoms with Gasteiger partial charge in [-0.25, -0.2) is 0 Å². The molecule has 0 saturated heterocycles. The fourth-order valence-electron chi connectivity index (χ4n) is 0.516. The number of rotatable bonds is 3. The average Bonchev–Trinajstić information content (AvgIpc) is 2.31. The van der Waals surface area contributed by atoms with Crippen molar-refractivity contribution < 1.29 is 5.11 Å². The van der Waals surface area contributed by atoms with Crippen molar-refractivity contribution in [1.29, 1.82) is 0 Å². The second-order valence-electron chi connectivity index (χ2n) is 1.68. The van der Waals surface area contributed by atoms with Crippen LogP contribution in [0.4, 0.5) is 0 Å². The highest BCUT2D eigenvalue weighted by Gasteiger charge is 2.00. The van der Waals surface area contributed by atoms with E-state index in [1.807, 2.05) is 0 Å². The second-order valence-corrected chi connectivity index (χ2v) is 2.71. The lowest BCUT2D eigenvalue weighted by Crippen LogP contribution is -1.73. The summed E-state index contributed by atoms with van der Waals surface area (Å²) in [6, 6.07) is 0. The molecule has 1 aromatic heterocycles. The third kappa shape index (κ3) is 1.54. The molecule has 1 aromatic rings. The van der Waals surface area contributed by atoms with Gasteiger partial charge in [-0.15, -0.1) is 6.58 Å². The first-order chi connectivity index (χ1) is 4.84. The standard InChI is InChI=1S/C6H8N2OS/c1-2-3-10-6-5(9)4-7-8-6/h2,4,9H,1,3H2,(H,7,8). The van der Waals surface area contributed by atoms with Crippen molar-refractivity contribution in [3.63, 3.8) is 0 Å². The van der Waals surface area contributed by atoms with E-state index in [9.17, 15) is 0 Å². The minimum Gasteiger partial charge on any atom is -0.504 e. The Labute approximate surface area is 63.2 Å². The zero-order chi connectivity index (χ0) is 7.40. The largest absolute Gasteiger partial charge is 0.504 e. The number of nitrogens with zero attached hydrogens (tertiary/aromatic N) is 1. The molecule has 0 aliphatic rings. The molecular formula is C6H8N2OS. The molecule has 0 aliphatic carbocycles. The van der Waals surface area contributed by atoms with Gasteiger partial charge in [0, 0.05) is 5.75 Å². The summed E-state index contributed by atoms with van der Waals surface area (Å²) in [6.45, 7) is 3.55. The van der Waals surface area contributed by atoms with Gasteiger partial charge in [-0.2, -0.15) is 5.10 Å². The van der Waals surface area contributed by atoms with Crippen molar-refractivity contribution >= 4 is 11.8 Å². The number of aromatic amines is 1. The topological polar surface area (TPSA) is 48.9 Å². The summed E-state index contributed by atoms with van der Waals surface area (Å²) < 4.78 is 0. The molecule has 1 heterocycles. The minimum atomic E-state index is 0.201. The molecule has 3 nitrogen and oxygen atoms in total. The summed E-state index contributed by atoms with van der Waals surface area (Å²) in [5.74, 6) is 0.974. The number of hydrogen-bond donors (Lipinski definition) is 2. The number of aromatic hydroxyl groups is 1. The highest BCUT2D eigenvalue weighted by molar-refractivity contribution is 7.99. The van der Waals surface area contributed by atoms with Crippen LogP contribution in [0.5, 0.6) is 5.75 Å². The lowest BCUT2D eigenvalue weighted by molar-refractivity contribution is 0.462. The van der Waals surface area contributed by atoms with Crippen LogP contribution in [0.2, 0.25) is 0 Å². The van der Waals surface area contributed by atoms with E-state index >= 15 is 0 Å². The molecule has 1 rings (SSSR count). The van der Waals surface area contributed by atoms with Gasteiger partial charge >= 0.3 is 0 Å². The molecule has 4 heteroatoms. The molecule has 0 radical (unpaired) electrons. The Balaban J connectivity index is 2.56. The van der Waals surface area contributed by atoms with Crippen LogP contribution in [0, 0.1) is 0 Å². The van der Waals surface area contributed by atoms with Crippen LogP contribution in [0.15, 0.2) is 23.9 Å². The smallest absolute Gasteiger partial charge is 0.167 e.